The monoisotopic (exact) mass is 1860 g/mol. The molecule has 8 aliphatic heterocycles. The number of rotatable bonds is 26. The van der Waals surface area contributed by atoms with Gasteiger partial charge in [0.1, 0.15) is 80.1 Å². The summed E-state index contributed by atoms with van der Waals surface area (Å²) in [6, 6.07) is -6.71. The molecule has 22 N–H and O–H groups in total. The van der Waals surface area contributed by atoms with Crippen LogP contribution in [0.5, 0.6) is 0 Å². The number of hydrogen-bond acceptors (Lipinski definition) is 43. The van der Waals surface area contributed by atoms with Gasteiger partial charge in [-0.2, -0.15) is 26.4 Å². The van der Waals surface area contributed by atoms with Gasteiger partial charge >= 0.3 is 355 Å². The molecular weight excluding hydrogens is 1780 g/mol. The topological polar surface area (TPSA) is 831 Å². The van der Waals surface area contributed by atoms with Gasteiger partial charge in [0.15, 0.2) is 6.29 Å². The van der Waals surface area contributed by atoms with Crippen LogP contribution in [-0.2, 0) is 122 Å². The fourth-order valence-corrected chi connectivity index (χ4v) is 10.8. The zero-order valence-corrected chi connectivity index (χ0v) is 91.9. The Hall–Kier alpha value is 10.1. The number of aliphatic hydroxyl groups is 13. The minimum absolute atomic E-state index is 0. The number of hydrogen-bond donors (Lipinski definition) is 17. The zero-order valence-electron chi connectivity index (χ0n) is 64.7. The molecule has 33 atom stereocenters. The maximum absolute atomic E-state index is 11.6. The summed E-state index contributed by atoms with van der Waals surface area (Å²) in [5.74, 6) is 0. The van der Waals surface area contributed by atoms with E-state index >= 15 is 0 Å². The van der Waals surface area contributed by atoms with Crippen LogP contribution < -0.4 is 360 Å². The first-order chi connectivity index (χ1) is 47.9. The predicted octanol–water partition coefficient (Wildman–Crippen LogP) is -46.8. The Bertz CT molecular complexity index is 2910. The summed E-state index contributed by atoms with van der Waals surface area (Å²) < 4.78 is 228. The molecule has 0 bridgehead atoms. The molecule has 8 aliphatic rings. The van der Waals surface area contributed by atoms with Gasteiger partial charge in [-0.15, -0.1) is 0 Å². The van der Waals surface area contributed by atoms with Gasteiger partial charge in [0.05, 0.1) is 56.9 Å². The van der Waals surface area contributed by atoms with Crippen LogP contribution in [0.4, 0.5) is 0 Å². The van der Waals surface area contributed by atoms with Gasteiger partial charge in [-0.05, 0) is 50.2 Å². The number of nitrogens with two attached hydrogens (primary N) is 1. The van der Waals surface area contributed by atoms with Gasteiger partial charge < -0.3 is 189 Å². The van der Waals surface area contributed by atoms with E-state index in [0.717, 1.165) is 45.7 Å². The molecule has 0 spiro atoms. The Balaban J connectivity index is -0.000000647. The summed E-state index contributed by atoms with van der Waals surface area (Å²) in [6.07, 6.45) is -41.0. The van der Waals surface area contributed by atoms with Gasteiger partial charge in [-0.1, -0.05) is 42.5 Å². The van der Waals surface area contributed by atoms with E-state index < -0.39 is 271 Å². The van der Waals surface area contributed by atoms with E-state index in [0.29, 0.717) is 25.8 Å². The molecule has 0 aliphatic carbocycles. The molecule has 610 valence electrons. The van der Waals surface area contributed by atoms with Crippen molar-refractivity contribution in [1.82, 2.24) is 0 Å². The van der Waals surface area contributed by atoms with E-state index in [1.165, 1.54) is 0 Å². The van der Waals surface area contributed by atoms with Crippen LogP contribution in [0.25, 0.3) is 22.9 Å². The van der Waals surface area contributed by atoms with Crippen LogP contribution in [0.3, 0.4) is 0 Å². The van der Waals surface area contributed by atoms with Crippen molar-refractivity contribution in [3.05, 3.63) is 68.6 Å². The van der Waals surface area contributed by atoms with Crippen LogP contribution in [0.15, 0.2) is 0 Å². The molecule has 9 unspecified atom stereocenters. The SMILES string of the molecule is O=S(=O)([O-])O.O=S(=O)([O-])O.O=S(=O)([O-])O.[NH-]C1[C@@H](O[C@@H]2[CH-]O[C@@H](O[C@@H]3C(CO)O[C@H](O[C@@H]4[CH-]O[C@@H](O[C@@H]5C(CO)O[C@H](O[C@@H]6[CH-]O[C@@H](O[C@@H]7C(CO)O[C@H](O[C@@H]8[CH-]O[C@@H](OCCCCCN)C(OS(=O)(=O)[O-])[C@H]8O)C([NH-])[C@H]7O)[CH-][C@@H]6O)C([NH-])[C@H]5O)[CH-][C@H]4O)C([NH-])[C@H]3O)[CH-][C@@H]2O)OC(CO)[C@@H](O)[C@@H]1O.[Na+].[Na+].[Na+].[Na+].[Na+].[Na+].[Na+].[Na+].[Na+].[Na+].[Na+].[Na+]. The van der Waals surface area contributed by atoms with Crippen LogP contribution >= 0.6 is 0 Å². The minimum atomic E-state index is -5.43. The Labute approximate surface area is 928 Å². The fraction of sp³-hybridized carbons (Fsp3) is 0.857. The van der Waals surface area contributed by atoms with Crippen molar-refractivity contribution in [1.29, 1.82) is 0 Å². The Morgan fingerprint density at radius 3 is 0.887 bits per heavy atom. The van der Waals surface area contributed by atoms with E-state index in [9.17, 15) is 79.4 Å². The molecule has 0 aromatic rings. The maximum Gasteiger partial charge on any atom is 1.00 e. The summed E-state index contributed by atoms with van der Waals surface area (Å²) in [4.78, 5) is 0. The third kappa shape index (κ3) is 49.1. The number of nitrogens with one attached hydrogen (secondary N) is 4. The van der Waals surface area contributed by atoms with Crippen LogP contribution in [0.2, 0.25) is 0 Å². The van der Waals surface area contributed by atoms with Crippen molar-refractivity contribution in [2.45, 2.75) is 222 Å². The third-order valence-corrected chi connectivity index (χ3v) is 15.7. The van der Waals surface area contributed by atoms with Crippen molar-refractivity contribution in [2.75, 3.05) is 39.6 Å². The second-order valence-corrected chi connectivity index (χ2v) is 26.3. The van der Waals surface area contributed by atoms with E-state index in [1.54, 1.807) is 0 Å². The van der Waals surface area contributed by atoms with Crippen molar-refractivity contribution in [2.24, 2.45) is 5.73 Å². The van der Waals surface area contributed by atoms with Crippen LogP contribution in [0.1, 0.15) is 19.3 Å². The number of ether oxygens (including phenoxy) is 16. The smallest absolute Gasteiger partial charge is 0.726 e. The zero-order chi connectivity index (χ0) is 77.4. The summed E-state index contributed by atoms with van der Waals surface area (Å²) >= 11 is 0. The van der Waals surface area contributed by atoms with Gasteiger partial charge in [0.2, 0.25) is 41.6 Å². The van der Waals surface area contributed by atoms with E-state index in [-0.39, 0.29) is 361 Å². The van der Waals surface area contributed by atoms with E-state index in [2.05, 4.69) is 4.18 Å². The molecular formula is C49H80N5Na12O45S4-3. The normalized spacial score (nSPS) is 38.5. The molecule has 8 heterocycles. The van der Waals surface area contributed by atoms with Crippen molar-refractivity contribution >= 4 is 41.6 Å². The average molecular weight is 1860 g/mol. The summed E-state index contributed by atoms with van der Waals surface area (Å²) in [5.41, 5.74) is 39.6. The summed E-state index contributed by atoms with van der Waals surface area (Å²) in [6.45, 7) is 0.911. The molecule has 115 heavy (non-hydrogen) atoms. The summed E-state index contributed by atoms with van der Waals surface area (Å²) in [5, 5.41) is 138. The molecule has 0 aromatic heterocycles. The van der Waals surface area contributed by atoms with E-state index in [4.69, 9.17) is 157 Å². The largest absolute Gasteiger partial charge is 1.00 e. The third-order valence-electron chi connectivity index (χ3n) is 15.2. The standard InChI is InChI=1S/C49H78N5O33S.12Na.3H2O4S/c50-4-2-1-3-5-71-49-44(87-88(68,69)70)36(63)27(16-75-49)83-48-34(54)40(67)43(23(12-58)79-48)86-30-8-19(61)26(15-74-30)82-47-33(53)39(66)42(22(11-57)78-47)85-29-7-18(60)25(14-73-29)81-46-32(52)38(65)41(21(10-56)77-46)84-28-6-17(59)24(13-72-28)80-45-31(51)37(64)35(62)20(9-55)76-45;;;;;;;;;;;;;3*1-5(2,3)4/h6-8,13-49,51-67H,1-5,9-12,50H2,(H,68,69,70);;;;;;;;;;;;;3*(H2,1,2,3,4)/q-11;12*+1;;;/p-4/t17-,18+,19-,20?,21?,22?,23?,24+,25+,26+,27+,28-,29-,30-,31?,32?,33?,34?,35+,36-,37+,38+,39+,40+,41+,42+,43+,44?,45+,46+,47+,48+,49+;;;;;;;;;;;;;;;/m0.............../s1. The van der Waals surface area contributed by atoms with Gasteiger partial charge in [-0.25, -0.2) is 52.9 Å². The molecule has 66 heteroatoms. The minimum Gasteiger partial charge on any atom is -0.726 e. The molecule has 0 amide bonds. The van der Waals surface area contributed by atoms with Gasteiger partial charge in [0.25, 0.3) is 0 Å². The Morgan fingerprint density at radius 2 is 0.617 bits per heavy atom. The summed E-state index contributed by atoms with van der Waals surface area (Å²) in [7, 11) is -20.2. The Morgan fingerprint density at radius 1 is 0.348 bits per heavy atom. The molecule has 8 fully saturated rings. The Kier molecular flexibility index (Phi) is 83.3. The van der Waals surface area contributed by atoms with Crippen molar-refractivity contribution in [3.63, 3.8) is 0 Å². The van der Waals surface area contributed by atoms with Crippen LogP contribution in [0, 0.1) is 45.7 Å². The molecule has 50 nitrogen and oxygen atoms in total. The van der Waals surface area contributed by atoms with Crippen molar-refractivity contribution < 1.29 is 567 Å². The molecule has 0 aromatic carbocycles. The first-order valence-electron chi connectivity index (χ1n) is 30.0. The average Bonchev–Trinajstić information content (AvgIpc) is 0.793. The number of aliphatic hydroxyl groups excluding tert-OH is 13. The number of unbranched alkanes of at least 4 members (excludes halogenated alkanes) is 2. The predicted molar refractivity (Wildman–Crippen MR) is 314 cm³/mol. The maximum atomic E-state index is 11.6. The first kappa shape index (κ1) is 141. The molecule has 0 radical (unpaired) electrons. The molecule has 8 saturated heterocycles. The molecule has 8 rings (SSSR count). The second-order valence-electron chi connectivity index (χ2n) is 22.7. The van der Waals surface area contributed by atoms with Gasteiger partial charge in [0, 0.05) is 25.5 Å². The van der Waals surface area contributed by atoms with E-state index in [1.807, 2.05) is 0 Å². The second kappa shape index (κ2) is 68.2. The quantitative estimate of drug-likeness (QED) is 0.0126. The molecule has 0 saturated carbocycles. The van der Waals surface area contributed by atoms with Gasteiger partial charge in [-0.3, -0.25) is 17.8 Å². The fourth-order valence-electron chi connectivity index (χ4n) is 10.3. The first-order valence-corrected chi connectivity index (χ1v) is 35.4. The van der Waals surface area contributed by atoms with Crippen molar-refractivity contribution in [3.8, 4) is 0 Å². The van der Waals surface area contributed by atoms with Crippen LogP contribution in [-0.4, -0.2) is 374 Å².